The number of benzene rings is 2. The Bertz CT molecular complexity index is 985. The molecule has 0 saturated heterocycles. The number of methoxy groups -OCH3 is 1. The van der Waals surface area contributed by atoms with Crippen molar-refractivity contribution in [2.45, 2.75) is 13.5 Å². The topological polar surface area (TPSA) is 116 Å². The molecule has 3 aromatic rings. The fraction of sp³-hybridized carbons (Fsp3) is 0.200. The van der Waals surface area contributed by atoms with Crippen LogP contribution in [0.4, 0.5) is 11.4 Å². The van der Waals surface area contributed by atoms with E-state index in [1.54, 1.807) is 55.5 Å². The summed E-state index contributed by atoms with van der Waals surface area (Å²) in [4.78, 5) is 28.3. The lowest BCUT2D eigenvalue weighted by Crippen LogP contribution is -2.17. The van der Waals surface area contributed by atoms with E-state index in [-0.39, 0.29) is 25.0 Å². The predicted octanol–water partition coefficient (Wildman–Crippen LogP) is 2.79. The molecule has 150 valence electrons. The maximum absolute atomic E-state index is 12.7. The zero-order valence-electron chi connectivity index (χ0n) is 16.0. The van der Waals surface area contributed by atoms with E-state index >= 15 is 0 Å². The maximum atomic E-state index is 12.7. The SMILES string of the molecule is COCC(=O)Nc1ccc(NC(=O)c2ccccc2OCc2noc(C)n2)cc1. The lowest BCUT2D eigenvalue weighted by molar-refractivity contribution is -0.119. The van der Waals surface area contributed by atoms with Crippen LogP contribution in [0.2, 0.25) is 0 Å². The van der Waals surface area contributed by atoms with Gasteiger partial charge in [-0.25, -0.2) is 0 Å². The quantitative estimate of drug-likeness (QED) is 0.601. The standard InChI is InChI=1S/C20H20N4O5/c1-13-21-18(24-29-13)11-28-17-6-4-3-5-16(17)20(26)23-15-9-7-14(8-10-15)22-19(25)12-27-2/h3-10H,11-12H2,1-2H3,(H,22,25)(H,23,26). The number of anilines is 2. The van der Waals surface area contributed by atoms with E-state index in [4.69, 9.17) is 14.0 Å². The van der Waals surface area contributed by atoms with E-state index in [0.29, 0.717) is 34.4 Å². The van der Waals surface area contributed by atoms with Crippen LogP contribution >= 0.6 is 0 Å². The Hall–Kier alpha value is -3.72. The fourth-order valence-corrected chi connectivity index (χ4v) is 2.49. The zero-order chi connectivity index (χ0) is 20.6. The van der Waals surface area contributed by atoms with Gasteiger partial charge < -0.3 is 24.6 Å². The van der Waals surface area contributed by atoms with Crippen molar-refractivity contribution in [2.24, 2.45) is 0 Å². The second-order valence-corrected chi connectivity index (χ2v) is 6.03. The molecule has 0 unspecified atom stereocenters. The zero-order valence-corrected chi connectivity index (χ0v) is 16.0. The first kappa shape index (κ1) is 20.0. The minimum Gasteiger partial charge on any atom is -0.485 e. The number of nitrogens with zero attached hydrogens (tertiary/aromatic N) is 2. The lowest BCUT2D eigenvalue weighted by Gasteiger charge is -2.11. The minimum absolute atomic E-state index is 0.0291. The van der Waals surface area contributed by atoms with E-state index < -0.39 is 0 Å². The van der Waals surface area contributed by atoms with Crippen LogP contribution in [0.1, 0.15) is 22.1 Å². The molecule has 0 bridgehead atoms. The molecule has 3 rings (SSSR count). The van der Waals surface area contributed by atoms with Gasteiger partial charge in [-0.2, -0.15) is 4.98 Å². The van der Waals surface area contributed by atoms with Crippen LogP contribution < -0.4 is 15.4 Å². The summed E-state index contributed by atoms with van der Waals surface area (Å²) < 4.78 is 15.3. The molecule has 1 aromatic heterocycles. The molecule has 0 aliphatic rings. The molecule has 0 saturated carbocycles. The van der Waals surface area contributed by atoms with Gasteiger partial charge in [0, 0.05) is 25.4 Å². The van der Waals surface area contributed by atoms with Gasteiger partial charge in [-0.15, -0.1) is 0 Å². The molecular weight excluding hydrogens is 376 g/mol. The fourth-order valence-electron chi connectivity index (χ4n) is 2.49. The van der Waals surface area contributed by atoms with Gasteiger partial charge in [-0.3, -0.25) is 9.59 Å². The third-order valence-electron chi connectivity index (χ3n) is 3.76. The number of para-hydroxylation sites is 1. The largest absolute Gasteiger partial charge is 0.485 e. The number of aromatic nitrogens is 2. The molecule has 1 heterocycles. The van der Waals surface area contributed by atoms with Gasteiger partial charge in [0.25, 0.3) is 5.91 Å². The van der Waals surface area contributed by atoms with Crippen LogP contribution in [0.15, 0.2) is 53.1 Å². The normalized spacial score (nSPS) is 10.4. The second kappa shape index (κ2) is 9.47. The highest BCUT2D eigenvalue weighted by atomic mass is 16.5. The van der Waals surface area contributed by atoms with Gasteiger partial charge in [0.1, 0.15) is 12.4 Å². The molecule has 0 fully saturated rings. The molecule has 0 aliphatic heterocycles. The first-order valence-electron chi connectivity index (χ1n) is 8.76. The first-order valence-corrected chi connectivity index (χ1v) is 8.76. The van der Waals surface area contributed by atoms with Crippen molar-refractivity contribution in [1.82, 2.24) is 10.1 Å². The van der Waals surface area contributed by atoms with Crippen molar-refractivity contribution in [3.8, 4) is 5.75 Å². The molecule has 0 spiro atoms. The van der Waals surface area contributed by atoms with Gasteiger partial charge in [0.2, 0.25) is 17.6 Å². The summed E-state index contributed by atoms with van der Waals surface area (Å²) in [5, 5.41) is 9.25. The van der Waals surface area contributed by atoms with Crippen molar-refractivity contribution in [3.63, 3.8) is 0 Å². The molecule has 9 nitrogen and oxygen atoms in total. The van der Waals surface area contributed by atoms with E-state index in [9.17, 15) is 9.59 Å². The van der Waals surface area contributed by atoms with Crippen molar-refractivity contribution in [3.05, 3.63) is 65.8 Å². The number of hydrogen-bond donors (Lipinski definition) is 2. The molecule has 0 radical (unpaired) electrons. The minimum atomic E-state index is -0.332. The van der Waals surface area contributed by atoms with E-state index in [1.165, 1.54) is 7.11 Å². The van der Waals surface area contributed by atoms with Gasteiger partial charge in [0.15, 0.2) is 6.61 Å². The number of carbonyl (C=O) groups excluding carboxylic acids is 2. The van der Waals surface area contributed by atoms with Crippen LogP contribution in [-0.2, 0) is 16.1 Å². The van der Waals surface area contributed by atoms with E-state index in [1.807, 2.05) is 0 Å². The molecule has 2 N–H and O–H groups in total. The predicted molar refractivity (Wildman–Crippen MR) is 105 cm³/mol. The number of amides is 2. The summed E-state index contributed by atoms with van der Waals surface area (Å²) in [7, 11) is 1.45. The highest BCUT2D eigenvalue weighted by Crippen LogP contribution is 2.21. The van der Waals surface area contributed by atoms with Crippen molar-refractivity contribution < 1.29 is 23.6 Å². The third kappa shape index (κ3) is 5.63. The Morgan fingerprint density at radius 3 is 2.38 bits per heavy atom. The van der Waals surface area contributed by atoms with E-state index in [2.05, 4.69) is 20.8 Å². The molecule has 9 heteroatoms. The van der Waals surface area contributed by atoms with Crippen molar-refractivity contribution >= 4 is 23.2 Å². The van der Waals surface area contributed by atoms with Gasteiger partial charge in [0.05, 0.1) is 5.56 Å². The van der Waals surface area contributed by atoms with Gasteiger partial charge in [-0.1, -0.05) is 17.3 Å². The highest BCUT2D eigenvalue weighted by Gasteiger charge is 2.14. The monoisotopic (exact) mass is 396 g/mol. The Kier molecular flexibility index (Phi) is 6.54. The Morgan fingerprint density at radius 1 is 1.03 bits per heavy atom. The summed E-state index contributed by atoms with van der Waals surface area (Å²) in [5.41, 5.74) is 1.54. The maximum Gasteiger partial charge on any atom is 0.259 e. The Balaban J connectivity index is 1.64. The second-order valence-electron chi connectivity index (χ2n) is 6.03. The van der Waals surface area contributed by atoms with Crippen LogP contribution in [0, 0.1) is 6.92 Å². The number of nitrogens with one attached hydrogen (secondary N) is 2. The molecular formula is C20H20N4O5. The summed E-state index contributed by atoms with van der Waals surface area (Å²) in [6.07, 6.45) is 0. The van der Waals surface area contributed by atoms with Crippen LogP contribution in [0.25, 0.3) is 0 Å². The highest BCUT2D eigenvalue weighted by molar-refractivity contribution is 6.06. The van der Waals surface area contributed by atoms with Crippen molar-refractivity contribution in [1.29, 1.82) is 0 Å². The van der Waals surface area contributed by atoms with E-state index in [0.717, 1.165) is 0 Å². The number of hydrogen-bond acceptors (Lipinski definition) is 7. The summed E-state index contributed by atoms with van der Waals surface area (Å²) in [6.45, 7) is 1.74. The third-order valence-corrected chi connectivity index (χ3v) is 3.76. The average molecular weight is 396 g/mol. The number of aryl methyl sites for hydroxylation is 1. The smallest absolute Gasteiger partial charge is 0.259 e. The van der Waals surface area contributed by atoms with Crippen molar-refractivity contribution in [2.75, 3.05) is 24.4 Å². The van der Waals surface area contributed by atoms with Gasteiger partial charge >= 0.3 is 0 Å². The van der Waals surface area contributed by atoms with Crippen LogP contribution in [-0.4, -0.2) is 35.7 Å². The molecule has 29 heavy (non-hydrogen) atoms. The Morgan fingerprint density at radius 2 is 1.72 bits per heavy atom. The Labute approximate surface area is 167 Å². The number of carbonyl (C=O) groups is 2. The summed E-state index contributed by atoms with van der Waals surface area (Å²) >= 11 is 0. The molecule has 0 atom stereocenters. The van der Waals surface area contributed by atoms with Crippen LogP contribution in [0.5, 0.6) is 5.75 Å². The molecule has 2 aromatic carbocycles. The average Bonchev–Trinajstić information content (AvgIpc) is 3.13. The summed E-state index contributed by atoms with van der Waals surface area (Å²) in [6, 6.07) is 13.6. The lowest BCUT2D eigenvalue weighted by atomic mass is 10.2. The van der Waals surface area contributed by atoms with Gasteiger partial charge in [-0.05, 0) is 36.4 Å². The first-order chi connectivity index (χ1) is 14.0. The molecule has 0 aliphatic carbocycles. The number of ether oxygens (including phenoxy) is 2. The van der Waals surface area contributed by atoms with Crippen LogP contribution in [0.3, 0.4) is 0 Å². The number of rotatable bonds is 8. The summed E-state index contributed by atoms with van der Waals surface area (Å²) in [5.74, 6) is 0.643. The molecule has 2 amide bonds.